The van der Waals surface area contributed by atoms with Gasteiger partial charge in [-0.1, -0.05) is 12.1 Å². The molecular formula is C16H13BrO4S. The second kappa shape index (κ2) is 7.91. The molecule has 0 aliphatic rings. The van der Waals surface area contributed by atoms with E-state index in [9.17, 15) is 9.59 Å². The highest BCUT2D eigenvalue weighted by molar-refractivity contribution is 9.11. The van der Waals surface area contributed by atoms with Crippen LogP contribution in [0.15, 0.2) is 46.3 Å². The molecule has 0 amide bonds. The molecule has 2 rings (SSSR count). The van der Waals surface area contributed by atoms with Crippen molar-refractivity contribution in [1.82, 2.24) is 0 Å². The quantitative estimate of drug-likeness (QED) is 0.432. The molecule has 1 aromatic heterocycles. The van der Waals surface area contributed by atoms with Gasteiger partial charge < -0.3 is 9.47 Å². The molecule has 22 heavy (non-hydrogen) atoms. The molecule has 0 atom stereocenters. The lowest BCUT2D eigenvalue weighted by molar-refractivity contribution is -0.136. The number of carbonyl (C=O) groups is 2. The minimum atomic E-state index is -0.562. The molecule has 0 fully saturated rings. The fourth-order valence-electron chi connectivity index (χ4n) is 1.71. The number of para-hydroxylation sites is 1. The van der Waals surface area contributed by atoms with Crippen molar-refractivity contribution < 1.29 is 19.1 Å². The van der Waals surface area contributed by atoms with Gasteiger partial charge in [0.05, 0.1) is 16.5 Å². The fraction of sp³-hybridized carbons (Fsp3) is 0.125. The smallest absolute Gasteiger partial charge is 0.331 e. The van der Waals surface area contributed by atoms with Gasteiger partial charge in [0.2, 0.25) is 5.78 Å². The van der Waals surface area contributed by atoms with E-state index in [4.69, 9.17) is 9.47 Å². The van der Waals surface area contributed by atoms with E-state index in [-0.39, 0.29) is 12.4 Å². The molecule has 0 radical (unpaired) electrons. The number of benzene rings is 1. The number of carbonyl (C=O) groups excluding carboxylic acids is 2. The first kappa shape index (κ1) is 16.5. The van der Waals surface area contributed by atoms with Gasteiger partial charge in [0.15, 0.2) is 6.61 Å². The number of hydrogen-bond donors (Lipinski definition) is 0. The summed E-state index contributed by atoms with van der Waals surface area (Å²) in [7, 11) is 1.49. The van der Waals surface area contributed by atoms with E-state index < -0.39 is 5.97 Å². The largest absolute Gasteiger partial charge is 0.496 e. The number of thiophene rings is 1. The lowest BCUT2D eigenvalue weighted by Gasteiger charge is -2.06. The van der Waals surface area contributed by atoms with E-state index in [0.29, 0.717) is 11.3 Å². The molecule has 0 spiro atoms. The second-order valence-electron chi connectivity index (χ2n) is 4.21. The van der Waals surface area contributed by atoms with Gasteiger partial charge in [-0.15, -0.1) is 11.3 Å². The number of halogens is 1. The maximum Gasteiger partial charge on any atom is 0.331 e. The van der Waals surface area contributed by atoms with Crippen molar-refractivity contribution in [3.8, 4) is 5.75 Å². The van der Waals surface area contributed by atoms with Gasteiger partial charge >= 0.3 is 5.97 Å². The van der Waals surface area contributed by atoms with Crippen molar-refractivity contribution in [2.75, 3.05) is 13.7 Å². The Bertz CT molecular complexity index is 706. The van der Waals surface area contributed by atoms with Crippen LogP contribution in [0.2, 0.25) is 0 Å². The minimum Gasteiger partial charge on any atom is -0.496 e. The van der Waals surface area contributed by atoms with Crippen LogP contribution in [0.25, 0.3) is 6.08 Å². The fourth-order valence-corrected chi connectivity index (χ4v) is 3.03. The maximum absolute atomic E-state index is 12.0. The SMILES string of the molecule is COc1ccccc1C(=O)COC(=O)/C=C/c1ccc(Br)s1. The zero-order chi connectivity index (χ0) is 15.9. The first-order valence-corrected chi connectivity index (χ1v) is 7.97. The summed E-state index contributed by atoms with van der Waals surface area (Å²) in [5.74, 6) is -0.409. The molecule has 4 nitrogen and oxygen atoms in total. The van der Waals surface area contributed by atoms with Crippen LogP contribution in [0, 0.1) is 0 Å². The first-order chi connectivity index (χ1) is 10.6. The van der Waals surface area contributed by atoms with Gasteiger partial charge in [0.1, 0.15) is 5.75 Å². The molecule has 0 aliphatic carbocycles. The van der Waals surface area contributed by atoms with Crippen molar-refractivity contribution in [1.29, 1.82) is 0 Å². The predicted octanol–water partition coefficient (Wildman–Crippen LogP) is 3.96. The lowest BCUT2D eigenvalue weighted by atomic mass is 10.1. The van der Waals surface area contributed by atoms with E-state index in [2.05, 4.69) is 15.9 Å². The zero-order valence-electron chi connectivity index (χ0n) is 11.7. The molecule has 0 saturated carbocycles. The third-order valence-electron chi connectivity index (χ3n) is 2.73. The molecule has 0 saturated heterocycles. The Labute approximate surface area is 140 Å². The maximum atomic E-state index is 12.0. The number of esters is 1. The van der Waals surface area contributed by atoms with Gasteiger partial charge in [-0.25, -0.2) is 4.79 Å². The van der Waals surface area contributed by atoms with E-state index in [0.717, 1.165) is 8.66 Å². The van der Waals surface area contributed by atoms with Gasteiger partial charge in [0.25, 0.3) is 0 Å². The van der Waals surface area contributed by atoms with Crippen molar-refractivity contribution in [2.45, 2.75) is 0 Å². The molecule has 1 heterocycles. The highest BCUT2D eigenvalue weighted by Crippen LogP contribution is 2.23. The highest BCUT2D eigenvalue weighted by atomic mass is 79.9. The summed E-state index contributed by atoms with van der Waals surface area (Å²) in [6.07, 6.45) is 2.94. The van der Waals surface area contributed by atoms with Gasteiger partial charge in [0, 0.05) is 11.0 Å². The molecule has 0 unspecified atom stereocenters. The van der Waals surface area contributed by atoms with Crippen LogP contribution in [0.3, 0.4) is 0 Å². The van der Waals surface area contributed by atoms with Crippen LogP contribution in [0.1, 0.15) is 15.2 Å². The van der Waals surface area contributed by atoms with Crippen LogP contribution < -0.4 is 4.74 Å². The third kappa shape index (κ3) is 4.54. The summed E-state index contributed by atoms with van der Waals surface area (Å²) < 4.78 is 11.0. The van der Waals surface area contributed by atoms with Gasteiger partial charge in [-0.05, 0) is 46.3 Å². The third-order valence-corrected chi connectivity index (χ3v) is 4.32. The van der Waals surface area contributed by atoms with E-state index >= 15 is 0 Å². The van der Waals surface area contributed by atoms with Crippen LogP contribution in [0.5, 0.6) is 5.75 Å². The molecule has 0 N–H and O–H groups in total. The Morgan fingerprint density at radius 2 is 2.00 bits per heavy atom. The molecule has 2 aromatic rings. The summed E-state index contributed by atoms with van der Waals surface area (Å²) >= 11 is 4.83. The summed E-state index contributed by atoms with van der Waals surface area (Å²) in [6.45, 7) is -0.322. The molecule has 0 aliphatic heterocycles. The second-order valence-corrected chi connectivity index (χ2v) is 6.70. The first-order valence-electron chi connectivity index (χ1n) is 6.36. The number of ketones is 1. The Hall–Kier alpha value is -1.92. The number of Topliss-reactive ketones (excluding diaryl/α,β-unsaturated/α-hetero) is 1. The van der Waals surface area contributed by atoms with Crippen LogP contribution in [-0.2, 0) is 9.53 Å². The number of hydrogen-bond acceptors (Lipinski definition) is 5. The van der Waals surface area contributed by atoms with Crippen LogP contribution in [0.4, 0.5) is 0 Å². The Morgan fingerprint density at radius 3 is 2.68 bits per heavy atom. The lowest BCUT2D eigenvalue weighted by Crippen LogP contribution is -2.13. The number of rotatable bonds is 6. The predicted molar refractivity (Wildman–Crippen MR) is 89.3 cm³/mol. The average Bonchev–Trinajstić information content (AvgIpc) is 2.96. The van der Waals surface area contributed by atoms with E-state index in [1.807, 2.05) is 12.1 Å². The summed E-state index contributed by atoms with van der Waals surface area (Å²) in [5, 5.41) is 0. The van der Waals surface area contributed by atoms with Crippen molar-refractivity contribution in [3.05, 3.63) is 56.7 Å². The van der Waals surface area contributed by atoms with Gasteiger partial charge in [-0.3, -0.25) is 4.79 Å². The topological polar surface area (TPSA) is 52.6 Å². The average molecular weight is 381 g/mol. The highest BCUT2D eigenvalue weighted by Gasteiger charge is 2.13. The van der Waals surface area contributed by atoms with E-state index in [1.165, 1.54) is 24.5 Å². The zero-order valence-corrected chi connectivity index (χ0v) is 14.1. The van der Waals surface area contributed by atoms with Crippen molar-refractivity contribution >= 4 is 45.1 Å². The Kier molecular flexibility index (Phi) is 5.91. The molecule has 0 bridgehead atoms. The van der Waals surface area contributed by atoms with Gasteiger partial charge in [-0.2, -0.15) is 0 Å². The van der Waals surface area contributed by atoms with Crippen LogP contribution >= 0.6 is 27.3 Å². The van der Waals surface area contributed by atoms with Crippen molar-refractivity contribution in [2.24, 2.45) is 0 Å². The van der Waals surface area contributed by atoms with Crippen molar-refractivity contribution in [3.63, 3.8) is 0 Å². The number of methoxy groups -OCH3 is 1. The molecule has 6 heteroatoms. The molecule has 114 valence electrons. The monoisotopic (exact) mass is 380 g/mol. The molecular weight excluding hydrogens is 368 g/mol. The summed E-state index contributed by atoms with van der Waals surface area (Å²) in [5.41, 5.74) is 0.393. The summed E-state index contributed by atoms with van der Waals surface area (Å²) in [4.78, 5) is 24.6. The van der Waals surface area contributed by atoms with Crippen LogP contribution in [-0.4, -0.2) is 25.5 Å². The molecule has 1 aromatic carbocycles. The normalized spacial score (nSPS) is 10.6. The Balaban J connectivity index is 1.90. The minimum absolute atomic E-state index is 0.307. The standard InChI is InChI=1S/C16H13BrO4S/c1-20-14-5-3-2-4-12(14)13(18)10-21-16(19)9-7-11-6-8-15(17)22-11/h2-9H,10H2,1H3/b9-7+. The Morgan fingerprint density at radius 1 is 1.23 bits per heavy atom. The number of ether oxygens (including phenoxy) is 2. The summed E-state index contributed by atoms with van der Waals surface area (Å²) in [6, 6.07) is 10.6. The van der Waals surface area contributed by atoms with E-state index in [1.54, 1.807) is 30.3 Å².